The van der Waals surface area contributed by atoms with E-state index in [1.54, 1.807) is 24.3 Å². The number of ether oxygens (including phenoxy) is 2. The molecule has 0 aromatic heterocycles. The lowest BCUT2D eigenvalue weighted by molar-refractivity contribution is 0.0696. The standard InChI is InChI=1S/C15H12Cl2O4/c1-20-13-5-2-9(15(18)19)7-14(13)21-8-10-6-11(16)3-4-12(10)17/h2-7H,8H2,1H3,(H,18,19). The lowest BCUT2D eigenvalue weighted by Crippen LogP contribution is -2.01. The number of methoxy groups -OCH3 is 1. The van der Waals surface area contributed by atoms with E-state index >= 15 is 0 Å². The Morgan fingerprint density at radius 1 is 1.14 bits per heavy atom. The molecule has 0 atom stereocenters. The van der Waals surface area contributed by atoms with Gasteiger partial charge >= 0.3 is 5.97 Å². The summed E-state index contributed by atoms with van der Waals surface area (Å²) in [4.78, 5) is 11.0. The Morgan fingerprint density at radius 3 is 2.57 bits per heavy atom. The highest BCUT2D eigenvalue weighted by Gasteiger charge is 2.11. The smallest absolute Gasteiger partial charge is 0.335 e. The average molecular weight is 327 g/mol. The Bertz CT molecular complexity index is 671. The average Bonchev–Trinajstić information content (AvgIpc) is 2.47. The molecule has 0 bridgehead atoms. The van der Waals surface area contributed by atoms with Gasteiger partial charge in [0, 0.05) is 15.6 Å². The molecule has 0 saturated carbocycles. The molecule has 0 aliphatic carbocycles. The van der Waals surface area contributed by atoms with Gasteiger partial charge in [0.1, 0.15) is 6.61 Å². The third kappa shape index (κ3) is 3.80. The minimum atomic E-state index is -1.04. The molecule has 2 rings (SSSR count). The van der Waals surface area contributed by atoms with Crippen molar-refractivity contribution in [2.45, 2.75) is 6.61 Å². The fraction of sp³-hybridized carbons (Fsp3) is 0.133. The van der Waals surface area contributed by atoms with Gasteiger partial charge in [0.15, 0.2) is 11.5 Å². The first kappa shape index (κ1) is 15.5. The molecule has 0 saturated heterocycles. The van der Waals surface area contributed by atoms with Gasteiger partial charge in [-0.05, 0) is 36.4 Å². The molecule has 2 aromatic rings. The number of carbonyl (C=O) groups is 1. The molecule has 0 aliphatic heterocycles. The highest BCUT2D eigenvalue weighted by molar-refractivity contribution is 6.33. The van der Waals surface area contributed by atoms with E-state index in [9.17, 15) is 4.79 Å². The number of benzene rings is 2. The van der Waals surface area contributed by atoms with E-state index < -0.39 is 5.97 Å². The molecule has 110 valence electrons. The third-order valence-electron chi connectivity index (χ3n) is 2.80. The molecular formula is C15H12Cl2O4. The maximum atomic E-state index is 11.0. The van der Waals surface area contributed by atoms with Gasteiger partial charge in [-0.15, -0.1) is 0 Å². The van der Waals surface area contributed by atoms with Crippen LogP contribution in [0, 0.1) is 0 Å². The van der Waals surface area contributed by atoms with Gasteiger partial charge in [0.2, 0.25) is 0 Å². The van der Waals surface area contributed by atoms with Crippen LogP contribution in [0.4, 0.5) is 0 Å². The fourth-order valence-electron chi connectivity index (χ4n) is 1.73. The van der Waals surface area contributed by atoms with Crippen molar-refractivity contribution >= 4 is 29.2 Å². The Morgan fingerprint density at radius 2 is 1.90 bits per heavy atom. The molecule has 0 amide bonds. The normalized spacial score (nSPS) is 10.2. The highest BCUT2D eigenvalue weighted by atomic mass is 35.5. The number of hydrogen-bond donors (Lipinski definition) is 1. The van der Waals surface area contributed by atoms with Gasteiger partial charge in [-0.2, -0.15) is 0 Å². The number of hydrogen-bond acceptors (Lipinski definition) is 3. The second-order valence-electron chi connectivity index (χ2n) is 4.20. The minimum Gasteiger partial charge on any atom is -0.493 e. The predicted octanol–water partition coefficient (Wildman–Crippen LogP) is 4.28. The summed E-state index contributed by atoms with van der Waals surface area (Å²) in [5.74, 6) is -0.269. The van der Waals surface area contributed by atoms with E-state index in [0.717, 1.165) is 0 Å². The molecule has 0 fully saturated rings. The first-order valence-electron chi connectivity index (χ1n) is 5.99. The van der Waals surface area contributed by atoms with Crippen molar-refractivity contribution in [2.75, 3.05) is 7.11 Å². The summed E-state index contributed by atoms with van der Waals surface area (Å²) in [6.45, 7) is 0.152. The van der Waals surface area contributed by atoms with Gasteiger partial charge in [-0.25, -0.2) is 4.79 Å². The zero-order chi connectivity index (χ0) is 15.4. The minimum absolute atomic E-state index is 0.114. The van der Waals surface area contributed by atoms with E-state index in [1.807, 2.05) is 0 Å². The highest BCUT2D eigenvalue weighted by Crippen LogP contribution is 2.30. The van der Waals surface area contributed by atoms with Crippen LogP contribution >= 0.6 is 23.2 Å². The molecule has 0 aliphatic rings. The van der Waals surface area contributed by atoms with E-state index in [2.05, 4.69) is 0 Å². The Kier molecular flexibility index (Phi) is 4.94. The van der Waals surface area contributed by atoms with Crippen molar-refractivity contribution in [1.29, 1.82) is 0 Å². The number of rotatable bonds is 5. The summed E-state index contributed by atoms with van der Waals surface area (Å²) >= 11 is 12.0. The van der Waals surface area contributed by atoms with Gasteiger partial charge < -0.3 is 14.6 Å². The zero-order valence-electron chi connectivity index (χ0n) is 11.1. The molecule has 21 heavy (non-hydrogen) atoms. The van der Waals surface area contributed by atoms with Crippen molar-refractivity contribution in [3.63, 3.8) is 0 Å². The van der Waals surface area contributed by atoms with Crippen LogP contribution in [0.1, 0.15) is 15.9 Å². The van der Waals surface area contributed by atoms with E-state index in [1.165, 1.54) is 19.2 Å². The van der Waals surface area contributed by atoms with Crippen LogP contribution < -0.4 is 9.47 Å². The molecule has 0 radical (unpaired) electrons. The lowest BCUT2D eigenvalue weighted by Gasteiger charge is -2.12. The van der Waals surface area contributed by atoms with Crippen LogP contribution in [0.3, 0.4) is 0 Å². The summed E-state index contributed by atoms with van der Waals surface area (Å²) in [7, 11) is 1.48. The largest absolute Gasteiger partial charge is 0.493 e. The number of carboxylic acids is 1. The first-order chi connectivity index (χ1) is 10.0. The van der Waals surface area contributed by atoms with E-state index in [0.29, 0.717) is 27.1 Å². The third-order valence-corrected chi connectivity index (χ3v) is 3.41. The van der Waals surface area contributed by atoms with Crippen LogP contribution in [0.25, 0.3) is 0 Å². The first-order valence-corrected chi connectivity index (χ1v) is 6.75. The summed E-state index contributed by atoms with van der Waals surface area (Å²) in [5.41, 5.74) is 0.815. The van der Waals surface area contributed by atoms with Crippen LogP contribution in [0.5, 0.6) is 11.5 Å². The maximum Gasteiger partial charge on any atom is 0.335 e. The Labute approximate surface area is 131 Å². The van der Waals surface area contributed by atoms with Gasteiger partial charge in [0.05, 0.1) is 12.7 Å². The van der Waals surface area contributed by atoms with E-state index in [-0.39, 0.29) is 12.2 Å². The monoisotopic (exact) mass is 326 g/mol. The molecule has 0 spiro atoms. The zero-order valence-corrected chi connectivity index (χ0v) is 12.6. The van der Waals surface area contributed by atoms with Crippen molar-refractivity contribution < 1.29 is 19.4 Å². The molecule has 4 nitrogen and oxygen atoms in total. The second kappa shape index (κ2) is 6.70. The topological polar surface area (TPSA) is 55.8 Å². The van der Waals surface area contributed by atoms with Crippen LogP contribution in [0.15, 0.2) is 36.4 Å². The number of halogens is 2. The van der Waals surface area contributed by atoms with Crippen LogP contribution in [-0.2, 0) is 6.61 Å². The van der Waals surface area contributed by atoms with Crippen molar-refractivity contribution in [1.82, 2.24) is 0 Å². The summed E-state index contributed by atoms with van der Waals surface area (Å²) in [6.07, 6.45) is 0. The lowest BCUT2D eigenvalue weighted by atomic mass is 10.2. The van der Waals surface area contributed by atoms with E-state index in [4.69, 9.17) is 37.8 Å². The Hall–Kier alpha value is -1.91. The molecular weight excluding hydrogens is 315 g/mol. The quantitative estimate of drug-likeness (QED) is 0.890. The number of carboxylic acid groups (broad SMARTS) is 1. The number of aromatic carboxylic acids is 1. The fourth-order valence-corrected chi connectivity index (χ4v) is 2.10. The van der Waals surface area contributed by atoms with Crippen LogP contribution in [-0.4, -0.2) is 18.2 Å². The van der Waals surface area contributed by atoms with Gasteiger partial charge in [-0.1, -0.05) is 23.2 Å². The molecule has 0 heterocycles. The van der Waals surface area contributed by atoms with Crippen molar-refractivity contribution in [2.24, 2.45) is 0 Å². The second-order valence-corrected chi connectivity index (χ2v) is 5.04. The molecule has 1 N–H and O–H groups in total. The molecule has 6 heteroatoms. The molecule has 0 unspecified atom stereocenters. The van der Waals surface area contributed by atoms with Crippen molar-refractivity contribution in [3.05, 3.63) is 57.6 Å². The molecule has 2 aromatic carbocycles. The summed E-state index contributed by atoms with van der Waals surface area (Å²) < 4.78 is 10.8. The summed E-state index contributed by atoms with van der Waals surface area (Å²) in [6, 6.07) is 9.43. The van der Waals surface area contributed by atoms with Crippen LogP contribution in [0.2, 0.25) is 10.0 Å². The maximum absolute atomic E-state index is 11.0. The summed E-state index contributed by atoms with van der Waals surface area (Å²) in [5, 5.41) is 10.1. The predicted molar refractivity (Wildman–Crippen MR) is 80.7 cm³/mol. The Balaban J connectivity index is 2.24. The SMILES string of the molecule is COc1ccc(C(=O)O)cc1OCc1cc(Cl)ccc1Cl. The van der Waals surface area contributed by atoms with Crippen molar-refractivity contribution in [3.8, 4) is 11.5 Å². The van der Waals surface area contributed by atoms with Gasteiger partial charge in [-0.3, -0.25) is 0 Å². The van der Waals surface area contributed by atoms with Gasteiger partial charge in [0.25, 0.3) is 0 Å².